The van der Waals surface area contributed by atoms with Gasteiger partial charge in [-0.1, -0.05) is 6.07 Å². The number of carbonyl (C=O) groups excluding carboxylic acids is 1. The van der Waals surface area contributed by atoms with Crippen molar-refractivity contribution in [1.82, 2.24) is 9.88 Å². The Kier molecular flexibility index (Phi) is 5.84. The van der Waals surface area contributed by atoms with Gasteiger partial charge in [0.1, 0.15) is 5.01 Å². The third-order valence-electron chi connectivity index (χ3n) is 4.56. The predicted octanol–water partition coefficient (Wildman–Crippen LogP) is 4.44. The molecule has 0 spiro atoms. The molecule has 1 heterocycles. The van der Waals surface area contributed by atoms with Crippen molar-refractivity contribution in [2.24, 2.45) is 0 Å². The largest absolute Gasteiger partial charge is 0.325 e. The van der Waals surface area contributed by atoms with Crippen molar-refractivity contribution in [1.29, 1.82) is 5.26 Å². The Labute approximate surface area is 163 Å². The number of fused-ring (bicyclic) bond motifs is 1. The molecule has 0 saturated heterocycles. The van der Waals surface area contributed by atoms with Crippen LogP contribution >= 0.6 is 11.3 Å². The summed E-state index contributed by atoms with van der Waals surface area (Å²) in [4.78, 5) is 18.9. The maximum Gasteiger partial charge on any atom is 0.241 e. The average Bonchev–Trinajstić information content (AvgIpc) is 3.09. The van der Waals surface area contributed by atoms with Crippen LogP contribution in [0.4, 0.5) is 5.69 Å². The van der Waals surface area contributed by atoms with Gasteiger partial charge in [-0.25, -0.2) is 4.98 Å². The van der Waals surface area contributed by atoms with Crippen LogP contribution in [0.25, 0.3) is 20.8 Å². The predicted molar refractivity (Wildman–Crippen MR) is 111 cm³/mol. The van der Waals surface area contributed by atoms with Crippen molar-refractivity contribution < 1.29 is 4.79 Å². The molecule has 1 unspecified atom stereocenters. The minimum Gasteiger partial charge on any atom is -0.325 e. The second-order valence-electron chi connectivity index (χ2n) is 6.62. The summed E-state index contributed by atoms with van der Waals surface area (Å²) >= 11 is 1.67. The molecule has 0 radical (unpaired) electrons. The van der Waals surface area contributed by atoms with Gasteiger partial charge in [0.15, 0.2) is 0 Å². The Morgan fingerprint density at radius 3 is 2.74 bits per heavy atom. The summed E-state index contributed by atoms with van der Waals surface area (Å²) in [5.41, 5.74) is 4.02. The summed E-state index contributed by atoms with van der Waals surface area (Å²) in [6, 6.07) is 15.8. The number of nitrogens with one attached hydrogen (secondary N) is 1. The molecular weight excluding hydrogens is 356 g/mol. The van der Waals surface area contributed by atoms with Gasteiger partial charge in [0.05, 0.1) is 22.3 Å². The number of nitriles is 1. The molecule has 6 heteroatoms. The second-order valence-corrected chi connectivity index (χ2v) is 7.65. The fraction of sp³-hybridized carbons (Fsp3) is 0.286. The third kappa shape index (κ3) is 4.51. The molecule has 1 amide bonds. The summed E-state index contributed by atoms with van der Waals surface area (Å²) in [7, 11) is 1.85. The summed E-state index contributed by atoms with van der Waals surface area (Å²) in [5, 5.41) is 12.6. The molecule has 0 aliphatic heterocycles. The van der Waals surface area contributed by atoms with Gasteiger partial charge in [-0.2, -0.15) is 5.26 Å². The molecule has 0 aliphatic carbocycles. The first-order valence-corrected chi connectivity index (χ1v) is 9.65. The number of thiazole rings is 1. The van der Waals surface area contributed by atoms with E-state index < -0.39 is 0 Å². The summed E-state index contributed by atoms with van der Waals surface area (Å²) in [6.07, 6.45) is 0.407. The van der Waals surface area contributed by atoms with E-state index in [4.69, 9.17) is 10.2 Å². The second kappa shape index (κ2) is 8.30. The number of aryl methyl sites for hydroxylation is 1. The maximum atomic E-state index is 12.4. The molecule has 3 aromatic rings. The third-order valence-corrected chi connectivity index (χ3v) is 5.63. The molecule has 1 aromatic heterocycles. The van der Waals surface area contributed by atoms with Crippen LogP contribution in [0.2, 0.25) is 0 Å². The Bertz CT molecular complexity index is 988. The molecule has 0 bridgehead atoms. The Hall–Kier alpha value is -2.75. The SMILES string of the molecule is Cc1ccc2nc(-c3ccc(NC(=O)C(C)N(C)CCC#N)cc3)sc2c1. The number of nitrogens with zero attached hydrogens (tertiary/aromatic N) is 3. The van der Waals surface area contributed by atoms with Gasteiger partial charge in [0, 0.05) is 24.2 Å². The molecule has 3 rings (SSSR count). The molecule has 2 aromatic carbocycles. The molecule has 1 N–H and O–H groups in total. The van der Waals surface area contributed by atoms with E-state index in [0.717, 1.165) is 21.8 Å². The zero-order chi connectivity index (χ0) is 19.4. The molecular formula is C21H22N4OS. The highest BCUT2D eigenvalue weighted by molar-refractivity contribution is 7.21. The van der Waals surface area contributed by atoms with Crippen LogP contribution in [0.15, 0.2) is 42.5 Å². The number of likely N-dealkylation sites (N-methyl/N-ethyl adjacent to an activating group) is 1. The van der Waals surface area contributed by atoms with E-state index >= 15 is 0 Å². The Balaban J connectivity index is 1.69. The first-order valence-electron chi connectivity index (χ1n) is 8.83. The minimum atomic E-state index is -0.300. The minimum absolute atomic E-state index is 0.0846. The average molecular weight is 379 g/mol. The van der Waals surface area contributed by atoms with E-state index in [-0.39, 0.29) is 11.9 Å². The zero-order valence-corrected chi connectivity index (χ0v) is 16.5. The Morgan fingerprint density at radius 1 is 1.30 bits per heavy atom. The number of aromatic nitrogens is 1. The van der Waals surface area contributed by atoms with E-state index in [2.05, 4.69) is 30.4 Å². The van der Waals surface area contributed by atoms with Crippen LogP contribution in [0.5, 0.6) is 0 Å². The van der Waals surface area contributed by atoms with E-state index in [9.17, 15) is 4.79 Å². The fourth-order valence-corrected chi connectivity index (χ4v) is 3.79. The van der Waals surface area contributed by atoms with Crippen molar-refractivity contribution in [3.05, 3.63) is 48.0 Å². The molecule has 0 aliphatic rings. The maximum absolute atomic E-state index is 12.4. The van der Waals surface area contributed by atoms with Gasteiger partial charge in [-0.3, -0.25) is 9.69 Å². The fourth-order valence-electron chi connectivity index (χ4n) is 2.72. The first-order chi connectivity index (χ1) is 13.0. The quantitative estimate of drug-likeness (QED) is 0.688. The topological polar surface area (TPSA) is 69.0 Å². The molecule has 0 saturated carbocycles. The normalized spacial score (nSPS) is 12.1. The van der Waals surface area contributed by atoms with E-state index in [1.165, 1.54) is 10.3 Å². The van der Waals surface area contributed by atoms with Crippen LogP contribution < -0.4 is 5.32 Å². The Morgan fingerprint density at radius 2 is 2.04 bits per heavy atom. The monoisotopic (exact) mass is 378 g/mol. The van der Waals surface area contributed by atoms with Crippen LogP contribution in [0.1, 0.15) is 18.9 Å². The highest BCUT2D eigenvalue weighted by Crippen LogP contribution is 2.31. The molecule has 0 fully saturated rings. The summed E-state index contributed by atoms with van der Waals surface area (Å²) < 4.78 is 1.18. The number of hydrogen-bond donors (Lipinski definition) is 1. The van der Waals surface area contributed by atoms with Gasteiger partial charge >= 0.3 is 0 Å². The molecule has 27 heavy (non-hydrogen) atoms. The highest BCUT2D eigenvalue weighted by atomic mass is 32.1. The van der Waals surface area contributed by atoms with Gasteiger partial charge < -0.3 is 5.32 Å². The van der Waals surface area contributed by atoms with Gasteiger partial charge in [0.25, 0.3) is 0 Å². The van der Waals surface area contributed by atoms with Crippen LogP contribution in [-0.4, -0.2) is 35.4 Å². The first kappa shape index (κ1) is 19.0. The summed E-state index contributed by atoms with van der Waals surface area (Å²) in [5.74, 6) is -0.0846. The van der Waals surface area contributed by atoms with Crippen LogP contribution in [0, 0.1) is 18.3 Å². The van der Waals surface area contributed by atoms with E-state index in [1.54, 1.807) is 11.3 Å². The van der Waals surface area contributed by atoms with Crippen LogP contribution in [-0.2, 0) is 4.79 Å². The number of rotatable bonds is 6. The van der Waals surface area contributed by atoms with Crippen molar-refractivity contribution >= 4 is 33.1 Å². The van der Waals surface area contributed by atoms with Gasteiger partial charge in [-0.15, -0.1) is 11.3 Å². The van der Waals surface area contributed by atoms with Crippen molar-refractivity contribution in [3.63, 3.8) is 0 Å². The number of amides is 1. The standard InChI is InChI=1S/C21H22N4OS/c1-14-5-10-18-19(13-14)27-21(24-18)16-6-8-17(9-7-16)23-20(26)15(2)25(3)12-4-11-22/h5-10,13,15H,4,12H2,1-3H3,(H,23,26). The van der Waals surface area contributed by atoms with E-state index in [1.807, 2.05) is 49.2 Å². The number of benzene rings is 2. The van der Waals surface area contributed by atoms with Crippen molar-refractivity contribution in [3.8, 4) is 16.6 Å². The number of carbonyl (C=O) groups is 1. The highest BCUT2D eigenvalue weighted by Gasteiger charge is 2.17. The lowest BCUT2D eigenvalue weighted by Crippen LogP contribution is -2.40. The molecule has 1 atom stereocenters. The van der Waals surface area contributed by atoms with Crippen molar-refractivity contribution in [2.75, 3.05) is 18.9 Å². The number of anilines is 1. The lowest BCUT2D eigenvalue weighted by molar-refractivity contribution is -0.120. The lowest BCUT2D eigenvalue weighted by atomic mass is 10.2. The van der Waals surface area contributed by atoms with Crippen molar-refractivity contribution in [2.45, 2.75) is 26.3 Å². The van der Waals surface area contributed by atoms with E-state index in [0.29, 0.717) is 13.0 Å². The summed E-state index contributed by atoms with van der Waals surface area (Å²) in [6.45, 7) is 4.49. The molecule has 5 nitrogen and oxygen atoms in total. The lowest BCUT2D eigenvalue weighted by Gasteiger charge is -2.22. The zero-order valence-electron chi connectivity index (χ0n) is 15.7. The van der Waals surface area contributed by atoms with Gasteiger partial charge in [0.2, 0.25) is 5.91 Å². The van der Waals surface area contributed by atoms with Gasteiger partial charge in [-0.05, 0) is 62.9 Å². The number of hydrogen-bond acceptors (Lipinski definition) is 5. The molecule has 138 valence electrons. The smallest absolute Gasteiger partial charge is 0.241 e. The van der Waals surface area contributed by atoms with Crippen LogP contribution in [0.3, 0.4) is 0 Å².